The van der Waals surface area contributed by atoms with E-state index in [9.17, 15) is 4.79 Å². The number of aromatic nitrogens is 3. The van der Waals surface area contributed by atoms with Gasteiger partial charge in [-0.05, 0) is 31.2 Å². The van der Waals surface area contributed by atoms with Gasteiger partial charge in [0.15, 0.2) is 6.61 Å². The molecule has 23 heavy (non-hydrogen) atoms. The number of nitrogens with zero attached hydrogens (tertiary/aromatic N) is 3. The number of anilines is 1. The van der Waals surface area contributed by atoms with E-state index in [0.29, 0.717) is 28.0 Å². The van der Waals surface area contributed by atoms with Gasteiger partial charge in [0, 0.05) is 12.6 Å². The van der Waals surface area contributed by atoms with Gasteiger partial charge in [-0.15, -0.1) is 11.3 Å². The van der Waals surface area contributed by atoms with Crippen LogP contribution >= 0.6 is 11.3 Å². The molecule has 0 unspecified atom stereocenters. The van der Waals surface area contributed by atoms with Crippen LogP contribution in [0.4, 0.5) is 5.69 Å². The summed E-state index contributed by atoms with van der Waals surface area (Å²) in [7, 11) is 0. The van der Waals surface area contributed by atoms with Crippen LogP contribution in [-0.2, 0) is 6.61 Å². The number of benzene rings is 1. The first-order valence-corrected chi connectivity index (χ1v) is 7.73. The molecule has 0 radical (unpaired) electrons. The summed E-state index contributed by atoms with van der Waals surface area (Å²) in [6.45, 7) is 3.75. The van der Waals surface area contributed by atoms with E-state index in [1.165, 1.54) is 11.3 Å². The second kappa shape index (κ2) is 6.57. The summed E-state index contributed by atoms with van der Waals surface area (Å²) >= 11 is 1.32. The topological polar surface area (TPSA) is 90.1 Å². The van der Waals surface area contributed by atoms with Crippen LogP contribution in [0, 0.1) is 13.8 Å². The summed E-state index contributed by atoms with van der Waals surface area (Å²) in [6, 6.07) is 7.07. The van der Waals surface area contributed by atoms with Crippen LogP contribution in [0.1, 0.15) is 27.1 Å². The molecule has 8 heteroatoms. The van der Waals surface area contributed by atoms with Gasteiger partial charge in [-0.25, -0.2) is 4.98 Å². The fraction of sp³-hybridized carbons (Fsp3) is 0.200. The summed E-state index contributed by atoms with van der Waals surface area (Å²) in [5.41, 5.74) is 3.06. The number of hydrogen-bond acceptors (Lipinski definition) is 7. The van der Waals surface area contributed by atoms with Crippen LogP contribution in [0.15, 0.2) is 34.3 Å². The molecule has 2 aromatic heterocycles. The number of carbonyl (C=O) groups excluding carboxylic acids is 1. The predicted octanol–water partition coefficient (Wildman–Crippen LogP) is 2.97. The molecule has 0 bridgehead atoms. The lowest BCUT2D eigenvalue weighted by molar-refractivity contribution is 0.103. The van der Waals surface area contributed by atoms with E-state index in [2.05, 4.69) is 20.4 Å². The van der Waals surface area contributed by atoms with Gasteiger partial charge in [0.05, 0.1) is 11.2 Å². The molecular weight excluding hydrogens is 316 g/mol. The second-order valence-electron chi connectivity index (χ2n) is 4.76. The summed E-state index contributed by atoms with van der Waals surface area (Å²) in [4.78, 5) is 20.8. The van der Waals surface area contributed by atoms with Crippen molar-refractivity contribution in [3.8, 4) is 5.75 Å². The zero-order chi connectivity index (χ0) is 16.2. The molecule has 3 aromatic rings. The zero-order valence-electron chi connectivity index (χ0n) is 12.6. The third-order valence-electron chi connectivity index (χ3n) is 3.00. The molecule has 7 nitrogen and oxygen atoms in total. The fourth-order valence-electron chi connectivity index (χ4n) is 1.89. The Balaban J connectivity index is 1.58. The summed E-state index contributed by atoms with van der Waals surface area (Å²) in [5, 5.41) is 6.58. The van der Waals surface area contributed by atoms with Crippen molar-refractivity contribution in [3.05, 3.63) is 52.1 Å². The van der Waals surface area contributed by atoms with Crippen LogP contribution in [0.25, 0.3) is 0 Å². The standard InChI is InChI=1S/C15H14N4O3S/c1-9-14(23-8-16-9)15(20)18-11-3-5-12(6-4-11)21-7-13-17-10(2)22-19-13/h3-6,8H,7H2,1-2H3,(H,18,20). The first-order chi connectivity index (χ1) is 11.1. The maximum absolute atomic E-state index is 12.1. The Kier molecular flexibility index (Phi) is 4.33. The van der Waals surface area contributed by atoms with Gasteiger partial charge in [-0.3, -0.25) is 4.79 Å². The molecule has 118 valence electrons. The van der Waals surface area contributed by atoms with Crippen molar-refractivity contribution >= 4 is 22.9 Å². The van der Waals surface area contributed by atoms with Crippen molar-refractivity contribution in [2.75, 3.05) is 5.32 Å². The molecule has 0 saturated heterocycles. The van der Waals surface area contributed by atoms with Crippen molar-refractivity contribution < 1.29 is 14.1 Å². The summed E-state index contributed by atoms with van der Waals surface area (Å²) in [5.74, 6) is 1.47. The summed E-state index contributed by atoms with van der Waals surface area (Å²) in [6.07, 6.45) is 0. The number of rotatable bonds is 5. The van der Waals surface area contributed by atoms with Crippen LogP contribution < -0.4 is 10.1 Å². The number of thiazole rings is 1. The molecule has 0 atom stereocenters. The van der Waals surface area contributed by atoms with E-state index in [0.717, 1.165) is 5.69 Å². The summed E-state index contributed by atoms with van der Waals surface area (Å²) < 4.78 is 10.4. The fourth-order valence-corrected chi connectivity index (χ4v) is 2.59. The number of nitrogens with one attached hydrogen (secondary N) is 1. The minimum absolute atomic E-state index is 0.166. The van der Waals surface area contributed by atoms with Crippen LogP contribution in [0.3, 0.4) is 0 Å². The number of ether oxygens (including phenoxy) is 1. The SMILES string of the molecule is Cc1nc(COc2ccc(NC(=O)c3scnc3C)cc2)no1. The third kappa shape index (κ3) is 3.72. The maximum Gasteiger partial charge on any atom is 0.267 e. The Labute approximate surface area is 136 Å². The molecule has 0 saturated carbocycles. The van der Waals surface area contributed by atoms with Gasteiger partial charge in [0.2, 0.25) is 11.7 Å². The predicted molar refractivity (Wildman–Crippen MR) is 84.6 cm³/mol. The average molecular weight is 330 g/mol. The monoisotopic (exact) mass is 330 g/mol. The van der Waals surface area contributed by atoms with E-state index in [1.807, 2.05) is 6.92 Å². The zero-order valence-corrected chi connectivity index (χ0v) is 13.4. The molecule has 0 aliphatic heterocycles. The Hall–Kier alpha value is -2.74. The molecule has 1 aromatic carbocycles. The van der Waals surface area contributed by atoms with Gasteiger partial charge in [0.25, 0.3) is 5.91 Å². The van der Waals surface area contributed by atoms with Gasteiger partial charge in [0.1, 0.15) is 10.6 Å². The first-order valence-electron chi connectivity index (χ1n) is 6.85. The molecule has 0 aliphatic carbocycles. The molecule has 2 heterocycles. The van der Waals surface area contributed by atoms with Crippen molar-refractivity contribution in [3.63, 3.8) is 0 Å². The van der Waals surface area contributed by atoms with E-state index in [1.54, 1.807) is 36.7 Å². The maximum atomic E-state index is 12.1. The molecule has 0 aliphatic rings. The number of aryl methyl sites for hydroxylation is 2. The lowest BCUT2D eigenvalue weighted by Gasteiger charge is -2.06. The highest BCUT2D eigenvalue weighted by Crippen LogP contribution is 2.19. The van der Waals surface area contributed by atoms with Gasteiger partial charge < -0.3 is 14.6 Å². The highest BCUT2D eigenvalue weighted by molar-refractivity contribution is 7.12. The van der Waals surface area contributed by atoms with Crippen LogP contribution in [0.2, 0.25) is 0 Å². The molecule has 1 amide bonds. The Bertz CT molecular complexity index is 810. The van der Waals surface area contributed by atoms with E-state index < -0.39 is 0 Å². The smallest absolute Gasteiger partial charge is 0.267 e. The van der Waals surface area contributed by atoms with Crippen LogP contribution in [-0.4, -0.2) is 21.0 Å². The van der Waals surface area contributed by atoms with Gasteiger partial charge >= 0.3 is 0 Å². The lowest BCUT2D eigenvalue weighted by Crippen LogP contribution is -2.11. The largest absolute Gasteiger partial charge is 0.485 e. The Morgan fingerprint density at radius 2 is 2.09 bits per heavy atom. The highest BCUT2D eigenvalue weighted by Gasteiger charge is 2.11. The Morgan fingerprint density at radius 3 is 2.70 bits per heavy atom. The van der Waals surface area contributed by atoms with Gasteiger partial charge in [-0.1, -0.05) is 5.16 Å². The van der Waals surface area contributed by atoms with Crippen molar-refractivity contribution in [2.45, 2.75) is 20.5 Å². The molecule has 1 N–H and O–H groups in total. The lowest BCUT2D eigenvalue weighted by atomic mass is 10.3. The molecular formula is C15H14N4O3S. The second-order valence-corrected chi connectivity index (χ2v) is 5.62. The van der Waals surface area contributed by atoms with Crippen molar-refractivity contribution in [1.82, 2.24) is 15.1 Å². The number of amides is 1. The average Bonchev–Trinajstić information content (AvgIpc) is 3.15. The normalized spacial score (nSPS) is 10.5. The minimum Gasteiger partial charge on any atom is -0.485 e. The molecule has 3 rings (SSSR count). The van der Waals surface area contributed by atoms with E-state index >= 15 is 0 Å². The highest BCUT2D eigenvalue weighted by atomic mass is 32.1. The van der Waals surface area contributed by atoms with Crippen molar-refractivity contribution in [1.29, 1.82) is 0 Å². The van der Waals surface area contributed by atoms with Crippen LogP contribution in [0.5, 0.6) is 5.75 Å². The van der Waals surface area contributed by atoms with Crippen molar-refractivity contribution in [2.24, 2.45) is 0 Å². The quantitative estimate of drug-likeness (QED) is 0.773. The van der Waals surface area contributed by atoms with E-state index in [4.69, 9.17) is 9.26 Å². The molecule has 0 fully saturated rings. The van der Waals surface area contributed by atoms with Gasteiger partial charge in [-0.2, -0.15) is 4.98 Å². The third-order valence-corrected chi connectivity index (χ3v) is 3.93. The minimum atomic E-state index is -0.166. The Morgan fingerprint density at radius 1 is 1.30 bits per heavy atom. The number of hydrogen-bond donors (Lipinski definition) is 1. The first kappa shape index (κ1) is 15.2. The molecule has 0 spiro atoms. The number of carbonyl (C=O) groups is 1. The van der Waals surface area contributed by atoms with E-state index in [-0.39, 0.29) is 12.5 Å².